The summed E-state index contributed by atoms with van der Waals surface area (Å²) >= 11 is 0. The summed E-state index contributed by atoms with van der Waals surface area (Å²) in [6.45, 7) is 5.50. The lowest BCUT2D eigenvalue weighted by molar-refractivity contribution is -0.119. The molecule has 0 radical (unpaired) electrons. The Bertz CT molecular complexity index is 1000. The number of halogens is 1. The molecule has 0 aliphatic heterocycles. The van der Waals surface area contributed by atoms with Gasteiger partial charge in [-0.15, -0.1) is 0 Å². The first-order valence-electron chi connectivity index (χ1n) is 7.90. The fraction of sp³-hybridized carbons (Fsp3) is 0.294. The largest absolute Gasteiger partial charge is 0.484 e. The average Bonchev–Trinajstić information content (AvgIpc) is 3.02. The van der Waals surface area contributed by atoms with Gasteiger partial charge in [-0.25, -0.2) is 18.7 Å². The molecule has 0 aliphatic carbocycles. The summed E-state index contributed by atoms with van der Waals surface area (Å²) in [5, 5.41) is 4.50. The fourth-order valence-electron chi connectivity index (χ4n) is 2.33. The van der Waals surface area contributed by atoms with Gasteiger partial charge in [0.15, 0.2) is 12.3 Å². The number of hydrogen-bond donors (Lipinski definition) is 1. The first-order valence-corrected chi connectivity index (χ1v) is 7.90. The number of carbonyl (C=O) groups is 1. The molecular weight excluding hydrogens is 341 g/mol. The molecule has 0 saturated carbocycles. The number of fused-ring (bicyclic) bond motifs is 1. The average molecular weight is 359 g/mol. The van der Waals surface area contributed by atoms with Gasteiger partial charge in [0.25, 0.3) is 11.5 Å². The highest BCUT2D eigenvalue weighted by molar-refractivity contribution is 5.85. The number of benzene rings is 1. The third-order valence-electron chi connectivity index (χ3n) is 3.55. The molecule has 0 spiro atoms. The molecular formula is C17H18FN5O3. The van der Waals surface area contributed by atoms with Gasteiger partial charge in [0, 0.05) is 0 Å². The van der Waals surface area contributed by atoms with Crippen LogP contribution in [0.3, 0.4) is 0 Å². The molecule has 0 unspecified atom stereocenters. The third-order valence-corrected chi connectivity index (χ3v) is 3.55. The van der Waals surface area contributed by atoms with Gasteiger partial charge >= 0.3 is 0 Å². The molecule has 0 fully saturated rings. The Kier molecular flexibility index (Phi) is 4.45. The summed E-state index contributed by atoms with van der Waals surface area (Å²) in [6.07, 6.45) is 2.65. The van der Waals surface area contributed by atoms with E-state index in [0.717, 1.165) is 4.68 Å². The summed E-state index contributed by atoms with van der Waals surface area (Å²) in [6, 6.07) is 5.26. The van der Waals surface area contributed by atoms with Gasteiger partial charge in [0.1, 0.15) is 23.3 Å². The second-order valence-corrected chi connectivity index (χ2v) is 6.66. The van der Waals surface area contributed by atoms with E-state index < -0.39 is 17.3 Å². The van der Waals surface area contributed by atoms with Crippen molar-refractivity contribution >= 4 is 16.9 Å². The maximum Gasteiger partial charge on any atom is 0.283 e. The molecule has 3 rings (SSSR count). The van der Waals surface area contributed by atoms with E-state index >= 15 is 0 Å². The third kappa shape index (κ3) is 3.56. The molecule has 2 aromatic heterocycles. The second-order valence-electron chi connectivity index (χ2n) is 6.66. The van der Waals surface area contributed by atoms with Crippen molar-refractivity contribution in [3.05, 3.63) is 53.0 Å². The van der Waals surface area contributed by atoms with Crippen molar-refractivity contribution in [3.8, 4) is 5.75 Å². The lowest BCUT2D eigenvalue weighted by Gasteiger charge is -2.19. The topological polar surface area (TPSA) is 91.0 Å². The number of rotatable bonds is 4. The highest BCUT2D eigenvalue weighted by atomic mass is 19.1. The van der Waals surface area contributed by atoms with Crippen molar-refractivity contribution in [2.75, 3.05) is 12.0 Å². The van der Waals surface area contributed by atoms with E-state index in [9.17, 15) is 14.0 Å². The number of hydrogen-bond acceptors (Lipinski definition) is 5. The highest BCUT2D eigenvalue weighted by Gasteiger charge is 2.20. The Morgan fingerprint density at radius 1 is 1.27 bits per heavy atom. The standard InChI is InChI=1S/C17H18FN5O3/c1-17(2,3)23-15-13(8-20-23)16(25)22(10-19-15)21-14(24)9-26-12-6-4-11(18)5-7-12/h4-8,10H,9H2,1-3H3,(H,21,24). The zero-order chi connectivity index (χ0) is 18.9. The van der Waals surface area contributed by atoms with Crippen LogP contribution in [-0.2, 0) is 10.3 Å². The van der Waals surface area contributed by atoms with Crippen LogP contribution in [0.2, 0.25) is 0 Å². The van der Waals surface area contributed by atoms with Gasteiger partial charge in [-0.05, 0) is 45.0 Å². The molecule has 1 amide bonds. The Labute approximate surface area is 148 Å². The van der Waals surface area contributed by atoms with Crippen LogP contribution in [0.5, 0.6) is 5.75 Å². The predicted octanol–water partition coefficient (Wildman–Crippen LogP) is 1.64. The van der Waals surface area contributed by atoms with E-state index in [-0.39, 0.29) is 12.1 Å². The van der Waals surface area contributed by atoms with E-state index in [1.807, 2.05) is 20.8 Å². The van der Waals surface area contributed by atoms with E-state index in [1.54, 1.807) is 4.68 Å². The van der Waals surface area contributed by atoms with E-state index in [1.165, 1.54) is 36.8 Å². The minimum atomic E-state index is -0.555. The molecule has 0 saturated heterocycles. The van der Waals surface area contributed by atoms with Crippen LogP contribution < -0.4 is 15.7 Å². The van der Waals surface area contributed by atoms with Crippen LogP contribution in [0.15, 0.2) is 41.6 Å². The molecule has 3 aromatic rings. The monoisotopic (exact) mass is 359 g/mol. The van der Waals surface area contributed by atoms with Crippen LogP contribution in [0, 0.1) is 5.82 Å². The van der Waals surface area contributed by atoms with Crippen molar-refractivity contribution in [2.24, 2.45) is 0 Å². The van der Waals surface area contributed by atoms with Crippen LogP contribution in [0.25, 0.3) is 11.0 Å². The molecule has 1 aromatic carbocycles. The lowest BCUT2D eigenvalue weighted by atomic mass is 10.1. The quantitative estimate of drug-likeness (QED) is 0.765. The van der Waals surface area contributed by atoms with Gasteiger partial charge in [0.05, 0.1) is 11.7 Å². The molecule has 8 nitrogen and oxygen atoms in total. The first-order chi connectivity index (χ1) is 12.3. The maximum absolute atomic E-state index is 12.8. The number of nitrogens with one attached hydrogen (secondary N) is 1. The van der Waals surface area contributed by atoms with Gasteiger partial charge in [0.2, 0.25) is 0 Å². The molecule has 0 atom stereocenters. The second kappa shape index (κ2) is 6.58. The minimum absolute atomic E-state index is 0.294. The predicted molar refractivity (Wildman–Crippen MR) is 93.0 cm³/mol. The summed E-state index contributed by atoms with van der Waals surface area (Å²) in [4.78, 5) is 28.7. The Balaban J connectivity index is 1.74. The molecule has 0 bridgehead atoms. The fourth-order valence-corrected chi connectivity index (χ4v) is 2.33. The van der Waals surface area contributed by atoms with Crippen molar-refractivity contribution < 1.29 is 13.9 Å². The minimum Gasteiger partial charge on any atom is -0.484 e. The maximum atomic E-state index is 12.8. The van der Waals surface area contributed by atoms with Gasteiger partial charge in [-0.1, -0.05) is 0 Å². The molecule has 136 valence electrons. The normalized spacial score (nSPS) is 11.5. The molecule has 9 heteroatoms. The summed E-state index contributed by atoms with van der Waals surface area (Å²) in [7, 11) is 0. The zero-order valence-electron chi connectivity index (χ0n) is 14.6. The first kappa shape index (κ1) is 17.6. The van der Waals surface area contributed by atoms with Crippen LogP contribution in [-0.4, -0.2) is 32.0 Å². The summed E-state index contributed by atoms with van der Waals surface area (Å²) in [5.41, 5.74) is 2.06. The number of nitrogens with zero attached hydrogens (tertiary/aromatic N) is 4. The number of ether oxygens (including phenoxy) is 1. The Hall–Kier alpha value is -3.23. The highest BCUT2D eigenvalue weighted by Crippen LogP contribution is 2.17. The molecule has 0 aliphatic rings. The van der Waals surface area contributed by atoms with E-state index in [4.69, 9.17) is 4.74 Å². The number of amides is 1. The number of aromatic nitrogens is 4. The van der Waals surface area contributed by atoms with Gasteiger partial charge < -0.3 is 4.74 Å². The summed E-state index contributed by atoms with van der Waals surface area (Å²) in [5.74, 6) is -0.613. The van der Waals surface area contributed by atoms with Crippen molar-refractivity contribution in [1.29, 1.82) is 0 Å². The van der Waals surface area contributed by atoms with E-state index in [0.29, 0.717) is 16.8 Å². The van der Waals surface area contributed by atoms with Crippen LogP contribution in [0.4, 0.5) is 4.39 Å². The molecule has 26 heavy (non-hydrogen) atoms. The number of carbonyl (C=O) groups excluding carboxylic acids is 1. The Morgan fingerprint density at radius 2 is 1.96 bits per heavy atom. The molecule has 1 N–H and O–H groups in total. The van der Waals surface area contributed by atoms with Gasteiger partial charge in [-0.3, -0.25) is 15.0 Å². The van der Waals surface area contributed by atoms with Crippen LogP contribution in [0.1, 0.15) is 20.8 Å². The smallest absolute Gasteiger partial charge is 0.283 e. The zero-order valence-corrected chi connectivity index (χ0v) is 14.6. The Morgan fingerprint density at radius 3 is 2.62 bits per heavy atom. The van der Waals surface area contributed by atoms with Crippen LogP contribution >= 0.6 is 0 Å². The van der Waals surface area contributed by atoms with Crippen molar-refractivity contribution in [2.45, 2.75) is 26.3 Å². The van der Waals surface area contributed by atoms with Crippen molar-refractivity contribution in [1.82, 2.24) is 19.4 Å². The van der Waals surface area contributed by atoms with Crippen molar-refractivity contribution in [3.63, 3.8) is 0 Å². The molecule has 2 heterocycles. The lowest BCUT2D eigenvalue weighted by Crippen LogP contribution is -2.36. The van der Waals surface area contributed by atoms with E-state index in [2.05, 4.69) is 15.5 Å². The summed E-state index contributed by atoms with van der Waals surface area (Å²) < 4.78 is 20.7. The SMILES string of the molecule is CC(C)(C)n1ncc2c(=O)n(NC(=O)COc3ccc(F)cc3)cnc21. The van der Waals surface area contributed by atoms with Gasteiger partial charge in [-0.2, -0.15) is 5.10 Å².